The molecule has 0 amide bonds. The topological polar surface area (TPSA) is 42.4 Å². The second-order valence-corrected chi connectivity index (χ2v) is 5.90. The van der Waals surface area contributed by atoms with Crippen molar-refractivity contribution < 1.29 is 14.2 Å². The van der Waals surface area contributed by atoms with E-state index in [9.17, 15) is 9.50 Å². The Bertz CT molecular complexity index is 791. The summed E-state index contributed by atoms with van der Waals surface area (Å²) in [4.78, 5) is 4.06. The normalized spacial score (nSPS) is 11.9. The van der Waals surface area contributed by atoms with Gasteiger partial charge in [-0.15, -0.1) is 0 Å². The van der Waals surface area contributed by atoms with Crippen LogP contribution in [0.1, 0.15) is 12.0 Å². The predicted molar refractivity (Wildman–Crippen MR) is 95.9 cm³/mol. The molecule has 0 bridgehead atoms. The molecule has 128 valence electrons. The van der Waals surface area contributed by atoms with Gasteiger partial charge in [-0.2, -0.15) is 0 Å². The molecule has 0 aliphatic heterocycles. The third-order valence-electron chi connectivity index (χ3n) is 3.94. The number of nitrogens with zero attached hydrogens (tertiary/aromatic N) is 1. The second kappa shape index (κ2) is 8.40. The summed E-state index contributed by atoms with van der Waals surface area (Å²) in [5.41, 5.74) is 2.84. The van der Waals surface area contributed by atoms with Crippen LogP contribution in [-0.2, 0) is 6.42 Å². The Labute approximate surface area is 146 Å². The molecule has 1 N–H and O–H groups in total. The summed E-state index contributed by atoms with van der Waals surface area (Å²) < 4.78 is 18.9. The van der Waals surface area contributed by atoms with Gasteiger partial charge in [0.15, 0.2) is 0 Å². The lowest BCUT2D eigenvalue weighted by molar-refractivity contribution is 0.100. The fourth-order valence-corrected chi connectivity index (χ4v) is 2.57. The maximum absolute atomic E-state index is 13.3. The first-order chi connectivity index (χ1) is 12.2. The van der Waals surface area contributed by atoms with Gasteiger partial charge in [0.1, 0.15) is 18.2 Å². The number of hydrogen-bond acceptors (Lipinski definition) is 3. The molecule has 0 saturated carbocycles. The van der Waals surface area contributed by atoms with E-state index in [0.29, 0.717) is 12.2 Å². The van der Waals surface area contributed by atoms with Gasteiger partial charge >= 0.3 is 0 Å². The van der Waals surface area contributed by atoms with Crippen LogP contribution in [0, 0.1) is 5.82 Å². The molecule has 0 fully saturated rings. The van der Waals surface area contributed by atoms with Gasteiger partial charge in [0.05, 0.1) is 6.10 Å². The number of aryl methyl sites for hydroxylation is 1. The van der Waals surface area contributed by atoms with Gasteiger partial charge in [-0.1, -0.05) is 30.3 Å². The molecule has 1 heterocycles. The third-order valence-corrected chi connectivity index (χ3v) is 3.94. The van der Waals surface area contributed by atoms with Crippen molar-refractivity contribution in [2.45, 2.75) is 18.9 Å². The average molecular weight is 337 g/mol. The molecule has 3 rings (SSSR count). The van der Waals surface area contributed by atoms with Gasteiger partial charge in [-0.05, 0) is 59.9 Å². The Morgan fingerprint density at radius 2 is 1.84 bits per heavy atom. The van der Waals surface area contributed by atoms with E-state index in [0.717, 1.165) is 23.1 Å². The van der Waals surface area contributed by atoms with Crippen molar-refractivity contribution in [3.8, 4) is 16.9 Å². The smallest absolute Gasteiger partial charge is 0.123 e. The van der Waals surface area contributed by atoms with Crippen molar-refractivity contribution >= 4 is 0 Å². The van der Waals surface area contributed by atoms with Crippen LogP contribution in [-0.4, -0.2) is 22.8 Å². The van der Waals surface area contributed by atoms with Crippen molar-refractivity contribution in [1.82, 2.24) is 4.98 Å². The van der Waals surface area contributed by atoms with E-state index in [1.165, 1.54) is 12.1 Å². The number of ether oxygens (including phenoxy) is 1. The maximum atomic E-state index is 13.3. The van der Waals surface area contributed by atoms with Gasteiger partial charge < -0.3 is 9.84 Å². The lowest BCUT2D eigenvalue weighted by Crippen LogP contribution is -2.18. The molecule has 0 saturated heterocycles. The molecule has 2 aromatic carbocycles. The summed E-state index contributed by atoms with van der Waals surface area (Å²) in [5.74, 6) is 0.426. The Kier molecular flexibility index (Phi) is 5.75. The molecule has 3 aromatic rings. The highest BCUT2D eigenvalue weighted by Crippen LogP contribution is 2.23. The Balaban J connectivity index is 1.50. The van der Waals surface area contributed by atoms with Crippen LogP contribution >= 0.6 is 0 Å². The first-order valence-electron chi connectivity index (χ1n) is 8.26. The molecular formula is C21H20FNO2. The highest BCUT2D eigenvalue weighted by atomic mass is 19.1. The minimum Gasteiger partial charge on any atom is -0.491 e. The summed E-state index contributed by atoms with van der Waals surface area (Å²) in [6.07, 6.45) is 4.38. The number of aliphatic hydroxyl groups is 1. The van der Waals surface area contributed by atoms with Crippen LogP contribution in [0.5, 0.6) is 5.75 Å². The molecule has 0 spiro atoms. The van der Waals surface area contributed by atoms with Crippen molar-refractivity contribution in [3.63, 3.8) is 0 Å². The number of hydrogen-bond donors (Lipinski definition) is 1. The molecule has 25 heavy (non-hydrogen) atoms. The fourth-order valence-electron chi connectivity index (χ4n) is 2.57. The first kappa shape index (κ1) is 17.1. The fraction of sp³-hybridized carbons (Fsp3) is 0.190. The summed E-state index contributed by atoms with van der Waals surface area (Å²) in [5, 5.41) is 10.0. The zero-order valence-electron chi connectivity index (χ0n) is 13.8. The van der Waals surface area contributed by atoms with Crippen LogP contribution in [0.3, 0.4) is 0 Å². The number of pyridine rings is 1. The average Bonchev–Trinajstić information content (AvgIpc) is 2.66. The first-order valence-corrected chi connectivity index (χ1v) is 8.26. The minimum atomic E-state index is -0.539. The quantitative estimate of drug-likeness (QED) is 0.700. The predicted octanol–water partition coefficient (Wildman–Crippen LogP) is 4.26. The van der Waals surface area contributed by atoms with Gasteiger partial charge in [0, 0.05) is 12.4 Å². The van der Waals surface area contributed by atoms with E-state index in [-0.39, 0.29) is 12.4 Å². The zero-order chi connectivity index (χ0) is 17.5. The van der Waals surface area contributed by atoms with E-state index < -0.39 is 6.10 Å². The van der Waals surface area contributed by atoms with E-state index in [1.54, 1.807) is 18.5 Å². The molecule has 1 aromatic heterocycles. The number of benzene rings is 2. The second-order valence-electron chi connectivity index (χ2n) is 5.90. The lowest BCUT2D eigenvalue weighted by Gasteiger charge is -2.12. The number of halogens is 1. The standard InChI is InChI=1S/C21H20FNO2/c22-19-5-1-4-18(13-19)17-7-10-21(11-8-17)25-15-20(24)9-6-16-3-2-12-23-14-16/h1-5,7-8,10-14,20,24H,6,9,15H2. The summed E-state index contributed by atoms with van der Waals surface area (Å²) in [7, 11) is 0. The van der Waals surface area contributed by atoms with Crippen molar-refractivity contribution in [1.29, 1.82) is 0 Å². The van der Waals surface area contributed by atoms with Gasteiger partial charge in [-0.3, -0.25) is 4.98 Å². The summed E-state index contributed by atoms with van der Waals surface area (Å²) >= 11 is 0. The molecular weight excluding hydrogens is 317 g/mol. The summed E-state index contributed by atoms with van der Waals surface area (Å²) in [6, 6.07) is 17.8. The third kappa shape index (κ3) is 5.13. The Hall–Kier alpha value is -2.72. The van der Waals surface area contributed by atoms with E-state index in [1.807, 2.05) is 42.5 Å². The van der Waals surface area contributed by atoms with Gasteiger partial charge in [0.2, 0.25) is 0 Å². The number of rotatable bonds is 7. The Morgan fingerprint density at radius 1 is 1.00 bits per heavy atom. The van der Waals surface area contributed by atoms with E-state index in [2.05, 4.69) is 4.98 Å². The monoisotopic (exact) mass is 337 g/mol. The van der Waals surface area contributed by atoms with E-state index >= 15 is 0 Å². The number of aliphatic hydroxyl groups excluding tert-OH is 1. The van der Waals surface area contributed by atoms with Crippen LogP contribution in [0.2, 0.25) is 0 Å². The molecule has 0 radical (unpaired) electrons. The minimum absolute atomic E-state index is 0.236. The molecule has 0 aliphatic rings. The highest BCUT2D eigenvalue weighted by Gasteiger charge is 2.07. The lowest BCUT2D eigenvalue weighted by atomic mass is 10.1. The molecule has 0 aliphatic carbocycles. The van der Waals surface area contributed by atoms with Crippen molar-refractivity contribution in [2.75, 3.05) is 6.61 Å². The van der Waals surface area contributed by atoms with Crippen molar-refractivity contribution in [3.05, 3.63) is 84.4 Å². The van der Waals surface area contributed by atoms with Gasteiger partial charge in [-0.25, -0.2) is 4.39 Å². The molecule has 3 nitrogen and oxygen atoms in total. The molecule has 1 unspecified atom stereocenters. The summed E-state index contributed by atoms with van der Waals surface area (Å²) in [6.45, 7) is 0.236. The highest BCUT2D eigenvalue weighted by molar-refractivity contribution is 5.64. The largest absolute Gasteiger partial charge is 0.491 e. The molecule has 4 heteroatoms. The van der Waals surface area contributed by atoms with Gasteiger partial charge in [0.25, 0.3) is 0 Å². The van der Waals surface area contributed by atoms with Crippen LogP contribution in [0.15, 0.2) is 73.1 Å². The van der Waals surface area contributed by atoms with Crippen LogP contribution in [0.25, 0.3) is 11.1 Å². The van der Waals surface area contributed by atoms with Crippen LogP contribution in [0.4, 0.5) is 4.39 Å². The van der Waals surface area contributed by atoms with E-state index in [4.69, 9.17) is 4.74 Å². The molecule has 1 atom stereocenters. The Morgan fingerprint density at radius 3 is 2.56 bits per heavy atom. The van der Waals surface area contributed by atoms with Crippen molar-refractivity contribution in [2.24, 2.45) is 0 Å². The van der Waals surface area contributed by atoms with Crippen LogP contribution < -0.4 is 4.74 Å². The number of aromatic nitrogens is 1. The maximum Gasteiger partial charge on any atom is 0.123 e. The SMILES string of the molecule is OC(CCc1cccnc1)COc1ccc(-c2cccc(F)c2)cc1. The zero-order valence-corrected chi connectivity index (χ0v) is 13.8.